The summed E-state index contributed by atoms with van der Waals surface area (Å²) in [6, 6.07) is 0.611. The lowest BCUT2D eigenvalue weighted by Crippen LogP contribution is -2.45. The van der Waals surface area contributed by atoms with Crippen LogP contribution in [-0.2, 0) is 14.3 Å². The van der Waals surface area contributed by atoms with Crippen molar-refractivity contribution in [1.29, 1.82) is 0 Å². The van der Waals surface area contributed by atoms with E-state index in [0.717, 1.165) is 12.1 Å². The number of hydrogen-bond donors (Lipinski definition) is 3. The highest BCUT2D eigenvalue weighted by Gasteiger charge is 2.23. The smallest absolute Gasteiger partial charge is 0.408 e. The van der Waals surface area contributed by atoms with Gasteiger partial charge in [-0.05, 0) is 46.5 Å². The third-order valence-corrected chi connectivity index (χ3v) is 5.29. The average molecular weight is 427 g/mol. The first-order chi connectivity index (χ1) is 14.2. The molecule has 0 aromatic carbocycles. The topological polar surface area (TPSA) is 96.9 Å². The lowest BCUT2D eigenvalue weighted by Gasteiger charge is -2.30. The molecule has 7 heteroatoms. The third kappa shape index (κ3) is 12.9. The minimum atomic E-state index is -1.18. The summed E-state index contributed by atoms with van der Waals surface area (Å²) < 4.78 is 9.90. The Balaban J connectivity index is 0.000000308. The SMILES string of the molecule is C1CCC(NC2CCCCC2)CC1.C=CCOC(=O)N[C@@H](COC(C)(C)C)C(=O)O. The molecule has 2 fully saturated rings. The standard InChI is InChI=1S/C12H23N.C11H19NO5/c1-3-7-11(8-4-1)13-12-9-5-2-6-10-12;1-5-6-16-10(15)12-8(9(13)14)7-17-11(2,3)4/h11-13H,1-10H2;5,8H,1,6-7H2,2-4H3,(H,12,15)(H,13,14)/t;8-/m.0/s1. The second-order valence-electron chi connectivity index (χ2n) is 9.18. The number of aliphatic carboxylic acids is 1. The van der Waals surface area contributed by atoms with Crippen LogP contribution in [0.1, 0.15) is 85.0 Å². The van der Waals surface area contributed by atoms with Crippen molar-refractivity contribution in [3.63, 3.8) is 0 Å². The lowest BCUT2D eigenvalue weighted by atomic mass is 9.91. The number of ether oxygens (including phenoxy) is 2. The number of amides is 1. The molecule has 174 valence electrons. The molecule has 0 heterocycles. The number of carbonyl (C=O) groups excluding carboxylic acids is 1. The van der Waals surface area contributed by atoms with Crippen LogP contribution in [0.4, 0.5) is 4.79 Å². The number of carboxylic acid groups (broad SMARTS) is 1. The van der Waals surface area contributed by atoms with Crippen LogP contribution in [0.15, 0.2) is 12.7 Å². The van der Waals surface area contributed by atoms with Crippen molar-refractivity contribution < 1.29 is 24.2 Å². The molecule has 0 spiro atoms. The van der Waals surface area contributed by atoms with Crippen LogP contribution in [0.5, 0.6) is 0 Å². The quantitative estimate of drug-likeness (QED) is 0.498. The summed E-state index contributed by atoms with van der Waals surface area (Å²) in [6.45, 7) is 8.65. The predicted molar refractivity (Wildman–Crippen MR) is 119 cm³/mol. The van der Waals surface area contributed by atoms with E-state index in [1.807, 2.05) is 0 Å². The van der Waals surface area contributed by atoms with Crippen LogP contribution in [0, 0.1) is 0 Å². The van der Waals surface area contributed by atoms with Gasteiger partial charge < -0.3 is 25.2 Å². The van der Waals surface area contributed by atoms with Crippen molar-refractivity contribution in [2.75, 3.05) is 13.2 Å². The number of carbonyl (C=O) groups is 2. The van der Waals surface area contributed by atoms with Gasteiger partial charge in [-0.1, -0.05) is 51.2 Å². The van der Waals surface area contributed by atoms with E-state index < -0.39 is 23.7 Å². The van der Waals surface area contributed by atoms with Gasteiger partial charge in [-0.3, -0.25) is 0 Å². The van der Waals surface area contributed by atoms with Gasteiger partial charge in [0.25, 0.3) is 0 Å². The van der Waals surface area contributed by atoms with Gasteiger partial charge in [-0.25, -0.2) is 9.59 Å². The van der Waals surface area contributed by atoms with Crippen LogP contribution < -0.4 is 10.6 Å². The summed E-state index contributed by atoms with van der Waals surface area (Å²) in [5, 5.41) is 14.9. The Morgan fingerprint density at radius 2 is 1.53 bits per heavy atom. The summed E-state index contributed by atoms with van der Waals surface area (Å²) in [5.41, 5.74) is -0.472. The summed E-state index contributed by atoms with van der Waals surface area (Å²) in [7, 11) is 0. The van der Waals surface area contributed by atoms with E-state index >= 15 is 0 Å². The first-order valence-corrected chi connectivity index (χ1v) is 11.4. The molecular weight excluding hydrogens is 384 g/mol. The van der Waals surface area contributed by atoms with E-state index in [2.05, 4.69) is 21.9 Å². The molecule has 0 bridgehead atoms. The van der Waals surface area contributed by atoms with E-state index in [1.165, 1.54) is 70.3 Å². The highest BCUT2D eigenvalue weighted by atomic mass is 16.5. The summed E-state index contributed by atoms with van der Waals surface area (Å²) in [5.74, 6) is -1.18. The Morgan fingerprint density at radius 1 is 1.03 bits per heavy atom. The zero-order valence-electron chi connectivity index (χ0n) is 19.1. The van der Waals surface area contributed by atoms with Crippen molar-refractivity contribution in [2.45, 2.75) is 109 Å². The number of rotatable bonds is 8. The van der Waals surface area contributed by atoms with Crippen molar-refractivity contribution in [2.24, 2.45) is 0 Å². The fourth-order valence-corrected chi connectivity index (χ4v) is 3.70. The first kappa shape index (κ1) is 26.4. The van der Waals surface area contributed by atoms with Gasteiger partial charge in [-0.15, -0.1) is 0 Å². The highest BCUT2D eigenvalue weighted by molar-refractivity contribution is 5.80. The maximum atomic E-state index is 11.1. The van der Waals surface area contributed by atoms with Crippen LogP contribution in [0.3, 0.4) is 0 Å². The Bertz CT molecular complexity index is 490. The van der Waals surface area contributed by atoms with Crippen LogP contribution in [-0.4, -0.2) is 54.1 Å². The molecule has 2 aliphatic rings. The Hall–Kier alpha value is -1.60. The monoisotopic (exact) mass is 426 g/mol. The number of carboxylic acids is 1. The minimum Gasteiger partial charge on any atom is -0.480 e. The van der Waals surface area contributed by atoms with E-state index in [-0.39, 0.29) is 13.2 Å². The molecule has 0 aromatic heterocycles. The molecule has 0 aromatic rings. The molecule has 2 aliphatic carbocycles. The molecule has 0 saturated heterocycles. The number of nitrogens with one attached hydrogen (secondary N) is 2. The van der Waals surface area contributed by atoms with Crippen molar-refractivity contribution in [3.05, 3.63) is 12.7 Å². The van der Waals surface area contributed by atoms with Gasteiger partial charge in [-0.2, -0.15) is 0 Å². The Kier molecular flexibility index (Phi) is 12.7. The van der Waals surface area contributed by atoms with Crippen molar-refractivity contribution in [3.8, 4) is 0 Å². The molecule has 1 amide bonds. The van der Waals surface area contributed by atoms with Crippen LogP contribution in [0.25, 0.3) is 0 Å². The summed E-state index contributed by atoms with van der Waals surface area (Å²) >= 11 is 0. The maximum absolute atomic E-state index is 11.1. The van der Waals surface area contributed by atoms with E-state index in [1.54, 1.807) is 20.8 Å². The second kappa shape index (κ2) is 14.4. The Labute approximate surface area is 182 Å². The summed E-state index contributed by atoms with van der Waals surface area (Å²) in [6.07, 6.45) is 15.1. The minimum absolute atomic E-state index is 0.0261. The van der Waals surface area contributed by atoms with Gasteiger partial charge in [0.05, 0.1) is 12.2 Å². The molecule has 7 nitrogen and oxygen atoms in total. The molecule has 3 N–H and O–H groups in total. The number of hydrogen-bond acceptors (Lipinski definition) is 5. The normalized spacial score (nSPS) is 19.2. The molecular formula is C23H42N2O5. The molecule has 0 aliphatic heterocycles. The Morgan fingerprint density at radius 3 is 1.93 bits per heavy atom. The van der Waals surface area contributed by atoms with Crippen LogP contribution in [0.2, 0.25) is 0 Å². The predicted octanol–water partition coefficient (Wildman–Crippen LogP) is 4.41. The molecule has 1 atom stereocenters. The van der Waals surface area contributed by atoms with Gasteiger partial charge >= 0.3 is 12.1 Å². The summed E-state index contributed by atoms with van der Waals surface area (Å²) in [4.78, 5) is 22.0. The van der Waals surface area contributed by atoms with E-state index in [0.29, 0.717) is 0 Å². The molecule has 2 rings (SSSR count). The zero-order chi connectivity index (χ0) is 22.4. The van der Waals surface area contributed by atoms with Gasteiger partial charge in [0, 0.05) is 12.1 Å². The lowest BCUT2D eigenvalue weighted by molar-refractivity contribution is -0.142. The fraction of sp³-hybridized carbons (Fsp3) is 0.826. The zero-order valence-corrected chi connectivity index (χ0v) is 19.1. The van der Waals surface area contributed by atoms with Crippen LogP contribution >= 0.6 is 0 Å². The second-order valence-corrected chi connectivity index (χ2v) is 9.18. The molecule has 0 unspecified atom stereocenters. The largest absolute Gasteiger partial charge is 0.480 e. The van der Waals surface area contributed by atoms with Gasteiger partial charge in [0.1, 0.15) is 6.61 Å². The molecule has 30 heavy (non-hydrogen) atoms. The van der Waals surface area contributed by atoms with E-state index in [4.69, 9.17) is 9.84 Å². The van der Waals surface area contributed by atoms with Gasteiger partial charge in [0.2, 0.25) is 0 Å². The highest BCUT2D eigenvalue weighted by Crippen LogP contribution is 2.22. The molecule has 0 radical (unpaired) electrons. The van der Waals surface area contributed by atoms with Crippen molar-refractivity contribution in [1.82, 2.24) is 10.6 Å². The van der Waals surface area contributed by atoms with Gasteiger partial charge in [0.15, 0.2) is 6.04 Å². The number of alkyl carbamates (subject to hydrolysis) is 1. The first-order valence-electron chi connectivity index (χ1n) is 11.4. The average Bonchev–Trinajstić information content (AvgIpc) is 2.70. The maximum Gasteiger partial charge on any atom is 0.408 e. The van der Waals surface area contributed by atoms with E-state index in [9.17, 15) is 9.59 Å². The van der Waals surface area contributed by atoms with Crippen molar-refractivity contribution >= 4 is 12.1 Å². The fourth-order valence-electron chi connectivity index (χ4n) is 3.70. The third-order valence-electron chi connectivity index (χ3n) is 5.29. The molecule has 2 saturated carbocycles.